The largest absolute Gasteiger partial charge is 0.480 e. The molecule has 1 aromatic rings. The number of nitrogens with zero attached hydrogens (tertiary/aromatic N) is 4. The molecule has 4 heterocycles. The number of nitrogens with two attached hydrogens (primary N) is 1. The summed E-state index contributed by atoms with van der Waals surface area (Å²) >= 11 is 2.59. The lowest BCUT2D eigenvalue weighted by Crippen LogP contribution is -2.75. The number of hydrogen-bond donors (Lipinski definition) is 3. The lowest BCUT2D eigenvalue weighted by Gasteiger charge is -2.54. The van der Waals surface area contributed by atoms with Crippen molar-refractivity contribution >= 4 is 46.2 Å². The van der Waals surface area contributed by atoms with Crippen molar-refractivity contribution < 1.29 is 24.6 Å². The van der Waals surface area contributed by atoms with Gasteiger partial charge in [0, 0.05) is 18.2 Å². The van der Waals surface area contributed by atoms with Crippen LogP contribution in [0.1, 0.15) is 6.42 Å². The molecule has 0 aromatic carbocycles. The summed E-state index contributed by atoms with van der Waals surface area (Å²) in [5.41, 5.74) is 5.55. The van der Waals surface area contributed by atoms with E-state index < -0.39 is 30.1 Å². The lowest BCUT2D eigenvalue weighted by atomic mass is 9.74. The van der Waals surface area contributed by atoms with Crippen LogP contribution in [0.2, 0.25) is 0 Å². The number of aromatic nitrogens is 2. The van der Waals surface area contributed by atoms with Gasteiger partial charge in [0.25, 0.3) is 0 Å². The average molecular weight is 385 g/mol. The van der Waals surface area contributed by atoms with Crippen molar-refractivity contribution in [3.05, 3.63) is 0 Å². The van der Waals surface area contributed by atoms with Crippen LogP contribution in [-0.4, -0.2) is 78.6 Å². The topological polar surface area (TPSA) is 150 Å². The molecule has 25 heavy (non-hydrogen) atoms. The molecule has 0 saturated carbocycles. The van der Waals surface area contributed by atoms with Crippen molar-refractivity contribution in [3.63, 3.8) is 0 Å². The van der Waals surface area contributed by atoms with Crippen LogP contribution < -0.4 is 5.73 Å². The van der Waals surface area contributed by atoms with E-state index in [4.69, 9.17) is 5.73 Å². The van der Waals surface area contributed by atoms with E-state index in [1.807, 2.05) is 0 Å². The van der Waals surface area contributed by atoms with E-state index in [0.717, 1.165) is 4.90 Å². The van der Waals surface area contributed by atoms with Gasteiger partial charge < -0.3 is 20.8 Å². The number of carbonyl (C=O) groups is 3. The summed E-state index contributed by atoms with van der Waals surface area (Å²) < 4.78 is 0.648. The molecule has 1 aromatic heterocycles. The summed E-state index contributed by atoms with van der Waals surface area (Å²) in [6, 6.07) is -1.97. The highest BCUT2D eigenvalue weighted by molar-refractivity contribution is 8.01. The number of nitrogen functional groups attached to an aromatic ring is 1. The number of carboxylic acids is 1. The van der Waals surface area contributed by atoms with Gasteiger partial charge in [0.1, 0.15) is 12.1 Å². The molecule has 0 radical (unpaired) electrons. The molecule has 3 fully saturated rings. The number of anilines is 1. The van der Waals surface area contributed by atoms with E-state index in [9.17, 15) is 24.6 Å². The number of likely N-dealkylation sites (tertiary alicyclic amines) is 1. The molecule has 134 valence electrons. The molecule has 3 aliphatic heterocycles. The van der Waals surface area contributed by atoms with Crippen LogP contribution in [-0.2, 0) is 9.59 Å². The summed E-state index contributed by atoms with van der Waals surface area (Å²) in [7, 11) is 0. The summed E-state index contributed by atoms with van der Waals surface area (Å²) in [5.74, 6) is -1.32. The van der Waals surface area contributed by atoms with Gasteiger partial charge in [-0.2, -0.15) is 0 Å². The minimum absolute atomic E-state index is 0.0283. The zero-order valence-corrected chi connectivity index (χ0v) is 14.4. The van der Waals surface area contributed by atoms with Gasteiger partial charge in [-0.15, -0.1) is 10.2 Å². The van der Waals surface area contributed by atoms with Crippen LogP contribution in [0.15, 0.2) is 4.34 Å². The molecule has 3 aliphatic rings. The van der Waals surface area contributed by atoms with E-state index in [1.165, 1.54) is 28.0 Å². The number of piperidine rings is 1. The SMILES string of the molecule is Nc1nnc(SCC2C[C@@H]3CN(C(=O)O)[C@@H]4C(=O)N(C2C(=O)O)[C@H]34)s1. The van der Waals surface area contributed by atoms with Crippen molar-refractivity contribution in [1.29, 1.82) is 0 Å². The fourth-order valence-corrected chi connectivity index (χ4v) is 6.02. The molecule has 2 amide bonds. The molecule has 2 unspecified atom stereocenters. The number of thioether (sulfide) groups is 1. The number of β-lactam (4-membered cyclic amide) rings is 1. The molecule has 10 nitrogen and oxygen atoms in total. The third kappa shape index (κ3) is 2.42. The Balaban J connectivity index is 1.55. The first-order chi connectivity index (χ1) is 11.9. The van der Waals surface area contributed by atoms with E-state index >= 15 is 0 Å². The highest BCUT2D eigenvalue weighted by Crippen LogP contribution is 2.48. The van der Waals surface area contributed by atoms with E-state index in [0.29, 0.717) is 21.6 Å². The zero-order chi connectivity index (χ0) is 17.9. The van der Waals surface area contributed by atoms with Gasteiger partial charge in [0.2, 0.25) is 11.0 Å². The van der Waals surface area contributed by atoms with Crippen molar-refractivity contribution in [2.45, 2.75) is 28.9 Å². The standard InChI is InChI=1S/C13H15N5O5S2/c14-11-15-16-12(25-11)24-3-5-1-4-2-17(13(22)23)8-6(4)18(9(8)19)7(5)10(20)21/h4-8H,1-3H2,(H2,14,15)(H,20,21)(H,22,23)/t4-,5?,6-,7?,8+/m1/s1. The minimum atomic E-state index is -1.13. The van der Waals surface area contributed by atoms with Crippen LogP contribution in [0.5, 0.6) is 0 Å². The second kappa shape index (κ2) is 5.73. The van der Waals surface area contributed by atoms with Gasteiger partial charge >= 0.3 is 12.1 Å². The summed E-state index contributed by atoms with van der Waals surface area (Å²) in [4.78, 5) is 38.1. The third-order valence-corrected chi connectivity index (χ3v) is 7.17. The second-order valence-corrected chi connectivity index (χ2v) is 8.65. The van der Waals surface area contributed by atoms with Crippen LogP contribution in [0, 0.1) is 11.8 Å². The number of carboxylic acid groups (broad SMARTS) is 2. The van der Waals surface area contributed by atoms with E-state index in [-0.39, 0.29) is 24.4 Å². The Labute approximate surface area is 150 Å². The molecule has 5 atom stereocenters. The molecular weight excluding hydrogens is 370 g/mol. The highest BCUT2D eigenvalue weighted by atomic mass is 32.2. The molecule has 0 bridgehead atoms. The molecule has 4 N–H and O–H groups in total. The normalized spacial score (nSPS) is 33.1. The Morgan fingerprint density at radius 3 is 2.72 bits per heavy atom. The first kappa shape index (κ1) is 16.4. The monoisotopic (exact) mass is 385 g/mol. The minimum Gasteiger partial charge on any atom is -0.480 e. The molecule has 3 saturated heterocycles. The number of hydrogen-bond acceptors (Lipinski definition) is 8. The number of rotatable bonds is 4. The number of amides is 2. The fraction of sp³-hybridized carbons (Fsp3) is 0.615. The predicted octanol–water partition coefficient (Wildman–Crippen LogP) is -0.125. The average Bonchev–Trinajstić information content (AvgIpc) is 3.12. The van der Waals surface area contributed by atoms with Gasteiger partial charge in [0.05, 0.1) is 6.04 Å². The van der Waals surface area contributed by atoms with Crippen LogP contribution in [0.25, 0.3) is 0 Å². The van der Waals surface area contributed by atoms with Crippen LogP contribution in [0.3, 0.4) is 0 Å². The first-order valence-electron chi connectivity index (χ1n) is 7.64. The van der Waals surface area contributed by atoms with Crippen molar-refractivity contribution in [2.75, 3.05) is 18.0 Å². The zero-order valence-electron chi connectivity index (χ0n) is 12.8. The number of carbonyl (C=O) groups excluding carboxylic acids is 1. The molecule has 0 spiro atoms. The Kier molecular flexibility index (Phi) is 3.76. The quantitative estimate of drug-likeness (QED) is 0.476. The summed E-state index contributed by atoms with van der Waals surface area (Å²) in [5, 5.41) is 26.9. The molecule has 4 rings (SSSR count). The lowest BCUT2D eigenvalue weighted by molar-refractivity contribution is -0.175. The molecular formula is C13H15N5O5S2. The van der Waals surface area contributed by atoms with Crippen LogP contribution >= 0.6 is 23.1 Å². The Morgan fingerprint density at radius 1 is 1.36 bits per heavy atom. The van der Waals surface area contributed by atoms with Gasteiger partial charge in [-0.1, -0.05) is 23.1 Å². The van der Waals surface area contributed by atoms with Gasteiger partial charge in [-0.25, -0.2) is 9.59 Å². The van der Waals surface area contributed by atoms with Crippen LogP contribution in [0.4, 0.5) is 9.93 Å². The number of aliphatic carboxylic acids is 1. The maximum absolute atomic E-state index is 12.4. The maximum Gasteiger partial charge on any atom is 0.408 e. The first-order valence-corrected chi connectivity index (χ1v) is 9.45. The fourth-order valence-electron chi connectivity index (χ4n) is 4.21. The highest BCUT2D eigenvalue weighted by Gasteiger charge is 2.66. The smallest absolute Gasteiger partial charge is 0.408 e. The maximum atomic E-state index is 12.4. The molecule has 0 aliphatic carbocycles. The van der Waals surface area contributed by atoms with Gasteiger partial charge in [-0.3, -0.25) is 9.69 Å². The van der Waals surface area contributed by atoms with Crippen molar-refractivity contribution in [2.24, 2.45) is 11.8 Å². The van der Waals surface area contributed by atoms with E-state index in [1.54, 1.807) is 0 Å². The summed E-state index contributed by atoms with van der Waals surface area (Å²) in [6.45, 7) is 0.270. The summed E-state index contributed by atoms with van der Waals surface area (Å²) in [6.07, 6.45) is -0.568. The van der Waals surface area contributed by atoms with Crippen molar-refractivity contribution in [1.82, 2.24) is 20.0 Å². The van der Waals surface area contributed by atoms with Gasteiger partial charge in [-0.05, 0) is 12.3 Å². The van der Waals surface area contributed by atoms with Crippen molar-refractivity contribution in [3.8, 4) is 0 Å². The predicted molar refractivity (Wildman–Crippen MR) is 87.2 cm³/mol. The second-order valence-electron chi connectivity index (χ2n) is 6.37. The third-order valence-electron chi connectivity index (χ3n) is 5.10. The molecule has 12 heteroatoms. The Bertz CT molecular complexity index is 757. The Hall–Kier alpha value is -2.08. The van der Waals surface area contributed by atoms with E-state index in [2.05, 4.69) is 10.2 Å². The Morgan fingerprint density at radius 2 is 2.12 bits per heavy atom. The van der Waals surface area contributed by atoms with Gasteiger partial charge in [0.15, 0.2) is 4.34 Å².